The first-order valence-electron chi connectivity index (χ1n) is 8.46. The van der Waals surface area contributed by atoms with Gasteiger partial charge in [-0.05, 0) is 61.5 Å². The molecule has 2 aliphatic heterocycles. The molecular formula is C18H22Cl2N2O3. The van der Waals surface area contributed by atoms with Gasteiger partial charge in [0.05, 0.1) is 0 Å². The lowest BCUT2D eigenvalue weighted by Crippen LogP contribution is -2.42. The zero-order chi connectivity index (χ0) is 18.2. The fourth-order valence-corrected chi connectivity index (χ4v) is 4.43. The molecule has 0 aliphatic carbocycles. The molecule has 2 saturated heterocycles. The summed E-state index contributed by atoms with van der Waals surface area (Å²) in [5.74, 6) is -1.06. The highest BCUT2D eigenvalue weighted by Gasteiger charge is 2.49. The molecule has 136 valence electrons. The number of carbonyl (C=O) groups is 2. The van der Waals surface area contributed by atoms with Crippen LogP contribution in [-0.4, -0.2) is 52.5 Å². The number of amides is 1. The normalized spacial score (nSPS) is 23.2. The summed E-state index contributed by atoms with van der Waals surface area (Å²) in [5.41, 5.74) is 0.925. The molecule has 1 aromatic carbocycles. The third kappa shape index (κ3) is 3.94. The summed E-state index contributed by atoms with van der Waals surface area (Å²) in [6, 6.07) is 4.79. The van der Waals surface area contributed by atoms with Crippen LogP contribution in [0.3, 0.4) is 0 Å². The SMILES string of the molecule is CC(=O)N1CC2(CCN(Cc3cc(Cl)ccc3Cl)CC2)C[C@@H]1C(=O)O. The van der Waals surface area contributed by atoms with E-state index >= 15 is 0 Å². The molecule has 0 unspecified atom stereocenters. The first kappa shape index (κ1) is 18.5. The molecule has 0 bridgehead atoms. The van der Waals surface area contributed by atoms with E-state index in [-0.39, 0.29) is 11.3 Å². The Morgan fingerprint density at radius 1 is 1.28 bits per heavy atom. The Labute approximate surface area is 157 Å². The topological polar surface area (TPSA) is 60.9 Å². The van der Waals surface area contributed by atoms with Crippen LogP contribution >= 0.6 is 23.2 Å². The lowest BCUT2D eigenvalue weighted by molar-refractivity contribution is -0.147. The number of hydrogen-bond acceptors (Lipinski definition) is 3. The maximum Gasteiger partial charge on any atom is 0.326 e. The Hall–Kier alpha value is -1.30. The summed E-state index contributed by atoms with van der Waals surface area (Å²) >= 11 is 12.3. The van der Waals surface area contributed by atoms with E-state index in [1.165, 1.54) is 11.8 Å². The Balaban J connectivity index is 1.64. The van der Waals surface area contributed by atoms with Crippen molar-refractivity contribution in [3.63, 3.8) is 0 Å². The van der Waals surface area contributed by atoms with E-state index in [9.17, 15) is 14.7 Å². The monoisotopic (exact) mass is 384 g/mol. The van der Waals surface area contributed by atoms with Crippen LogP contribution in [-0.2, 0) is 16.1 Å². The highest BCUT2D eigenvalue weighted by Crippen LogP contribution is 2.43. The number of piperidine rings is 1. The number of carbonyl (C=O) groups excluding carboxylic acids is 1. The van der Waals surface area contributed by atoms with E-state index in [1.54, 1.807) is 6.07 Å². The van der Waals surface area contributed by atoms with E-state index in [0.717, 1.165) is 38.0 Å². The van der Waals surface area contributed by atoms with Crippen LogP contribution in [0.5, 0.6) is 0 Å². The molecule has 2 heterocycles. The second-order valence-corrected chi connectivity index (χ2v) is 8.06. The van der Waals surface area contributed by atoms with E-state index in [2.05, 4.69) is 4.90 Å². The van der Waals surface area contributed by atoms with E-state index in [4.69, 9.17) is 23.2 Å². The lowest BCUT2D eigenvalue weighted by Gasteiger charge is -2.39. The maximum absolute atomic E-state index is 11.8. The van der Waals surface area contributed by atoms with Crippen LogP contribution in [0.15, 0.2) is 18.2 Å². The minimum absolute atomic E-state index is 0.0800. The molecule has 1 aromatic rings. The van der Waals surface area contributed by atoms with Crippen LogP contribution in [0.2, 0.25) is 10.0 Å². The first-order chi connectivity index (χ1) is 11.8. The highest BCUT2D eigenvalue weighted by atomic mass is 35.5. The van der Waals surface area contributed by atoms with Crippen LogP contribution in [0.4, 0.5) is 0 Å². The van der Waals surface area contributed by atoms with Crippen molar-refractivity contribution in [2.45, 2.75) is 38.8 Å². The predicted molar refractivity (Wildman–Crippen MR) is 96.8 cm³/mol. The van der Waals surface area contributed by atoms with Crippen molar-refractivity contribution >= 4 is 35.1 Å². The summed E-state index contributed by atoms with van der Waals surface area (Å²) in [6.07, 6.45) is 2.32. The number of halogens is 2. The number of aliphatic carboxylic acids is 1. The Morgan fingerprint density at radius 3 is 2.52 bits per heavy atom. The molecule has 0 aromatic heterocycles. The minimum Gasteiger partial charge on any atom is -0.480 e. The molecule has 1 N–H and O–H groups in total. The molecule has 1 spiro atoms. The minimum atomic E-state index is -0.903. The third-order valence-corrected chi connectivity index (χ3v) is 6.12. The van der Waals surface area contributed by atoms with Gasteiger partial charge in [-0.3, -0.25) is 9.69 Å². The number of carboxylic acids is 1. The standard InChI is InChI=1S/C18H22Cl2N2O3/c1-12(23)22-11-18(9-16(22)17(24)25)4-6-21(7-5-18)10-13-8-14(19)2-3-15(13)20/h2-3,8,16H,4-7,9-11H2,1H3,(H,24,25)/t16-/m1/s1. The Bertz CT molecular complexity index is 663. The van der Waals surface area contributed by atoms with Gasteiger partial charge in [0.2, 0.25) is 5.91 Å². The molecule has 3 rings (SSSR count). The number of benzene rings is 1. The summed E-state index contributed by atoms with van der Waals surface area (Å²) < 4.78 is 0. The van der Waals surface area contributed by atoms with Crippen LogP contribution in [0.1, 0.15) is 31.7 Å². The van der Waals surface area contributed by atoms with Crippen molar-refractivity contribution in [1.29, 1.82) is 0 Å². The lowest BCUT2D eigenvalue weighted by atomic mass is 9.76. The van der Waals surface area contributed by atoms with Gasteiger partial charge in [0, 0.05) is 30.1 Å². The summed E-state index contributed by atoms with van der Waals surface area (Å²) in [5, 5.41) is 10.8. The van der Waals surface area contributed by atoms with Crippen molar-refractivity contribution in [2.24, 2.45) is 5.41 Å². The smallest absolute Gasteiger partial charge is 0.326 e. The maximum atomic E-state index is 11.8. The van der Waals surface area contributed by atoms with Gasteiger partial charge in [-0.2, -0.15) is 0 Å². The zero-order valence-corrected chi connectivity index (χ0v) is 15.7. The van der Waals surface area contributed by atoms with Gasteiger partial charge >= 0.3 is 5.97 Å². The molecule has 25 heavy (non-hydrogen) atoms. The fourth-order valence-electron chi connectivity index (χ4n) is 4.06. The number of nitrogens with zero attached hydrogens (tertiary/aromatic N) is 2. The van der Waals surface area contributed by atoms with Gasteiger partial charge < -0.3 is 10.0 Å². The quantitative estimate of drug-likeness (QED) is 0.868. The second-order valence-electron chi connectivity index (χ2n) is 7.22. The summed E-state index contributed by atoms with van der Waals surface area (Å²) in [6.45, 7) is 4.45. The predicted octanol–water partition coefficient (Wildman–Crippen LogP) is 3.28. The van der Waals surface area contributed by atoms with Crippen molar-refractivity contribution in [3.05, 3.63) is 33.8 Å². The Kier molecular flexibility index (Phi) is 5.28. The molecular weight excluding hydrogens is 363 g/mol. The molecule has 1 amide bonds. The molecule has 2 aliphatic rings. The van der Waals surface area contributed by atoms with Crippen molar-refractivity contribution in [1.82, 2.24) is 9.80 Å². The number of rotatable bonds is 3. The molecule has 2 fully saturated rings. The van der Waals surface area contributed by atoms with Gasteiger partial charge in [-0.25, -0.2) is 4.79 Å². The van der Waals surface area contributed by atoms with E-state index in [1.807, 2.05) is 12.1 Å². The highest BCUT2D eigenvalue weighted by molar-refractivity contribution is 6.33. The van der Waals surface area contributed by atoms with Gasteiger partial charge in [0.25, 0.3) is 0 Å². The van der Waals surface area contributed by atoms with Gasteiger partial charge in [0.1, 0.15) is 6.04 Å². The van der Waals surface area contributed by atoms with Crippen molar-refractivity contribution in [3.8, 4) is 0 Å². The second kappa shape index (κ2) is 7.14. The molecule has 0 radical (unpaired) electrons. The van der Waals surface area contributed by atoms with Crippen molar-refractivity contribution in [2.75, 3.05) is 19.6 Å². The molecule has 0 saturated carbocycles. The summed E-state index contributed by atoms with van der Waals surface area (Å²) in [4.78, 5) is 27.1. The van der Waals surface area contributed by atoms with Crippen LogP contribution < -0.4 is 0 Å². The third-order valence-electron chi connectivity index (χ3n) is 5.52. The molecule has 5 nitrogen and oxygen atoms in total. The van der Waals surface area contributed by atoms with Gasteiger partial charge in [0.15, 0.2) is 0 Å². The van der Waals surface area contributed by atoms with Gasteiger partial charge in [-0.1, -0.05) is 23.2 Å². The Morgan fingerprint density at radius 2 is 1.96 bits per heavy atom. The first-order valence-corrected chi connectivity index (χ1v) is 9.22. The van der Waals surface area contributed by atoms with Crippen LogP contribution in [0.25, 0.3) is 0 Å². The van der Waals surface area contributed by atoms with E-state index in [0.29, 0.717) is 23.0 Å². The molecule has 1 atom stereocenters. The number of likely N-dealkylation sites (tertiary alicyclic amines) is 2. The van der Waals surface area contributed by atoms with E-state index < -0.39 is 12.0 Å². The average Bonchev–Trinajstić information content (AvgIpc) is 2.93. The number of carboxylic acid groups (broad SMARTS) is 1. The number of hydrogen-bond donors (Lipinski definition) is 1. The van der Waals surface area contributed by atoms with Gasteiger partial charge in [-0.15, -0.1) is 0 Å². The van der Waals surface area contributed by atoms with Crippen LogP contribution in [0, 0.1) is 5.41 Å². The average molecular weight is 385 g/mol. The molecule has 7 heteroatoms. The summed E-state index contributed by atoms with van der Waals surface area (Å²) in [7, 11) is 0. The van der Waals surface area contributed by atoms with Crippen molar-refractivity contribution < 1.29 is 14.7 Å². The fraction of sp³-hybridized carbons (Fsp3) is 0.556. The zero-order valence-electron chi connectivity index (χ0n) is 14.2. The largest absolute Gasteiger partial charge is 0.480 e.